The molecule has 16 heavy (non-hydrogen) atoms. The molecule has 2 N–H and O–H groups in total. The van der Waals surface area contributed by atoms with Crippen molar-refractivity contribution in [2.45, 2.75) is 25.3 Å². The number of rotatable bonds is 5. The molecule has 1 heterocycles. The van der Waals surface area contributed by atoms with E-state index in [2.05, 4.69) is 11.9 Å². The Kier molecular flexibility index (Phi) is 4.06. The van der Waals surface area contributed by atoms with Gasteiger partial charge in [-0.15, -0.1) is 6.58 Å². The van der Waals surface area contributed by atoms with Gasteiger partial charge in [0.05, 0.1) is 6.54 Å². The van der Waals surface area contributed by atoms with Crippen LogP contribution in [0, 0.1) is 0 Å². The van der Waals surface area contributed by atoms with Crippen molar-refractivity contribution < 1.29 is 14.7 Å². The second-order valence-electron chi connectivity index (χ2n) is 4.15. The highest BCUT2D eigenvalue weighted by atomic mass is 16.4. The van der Waals surface area contributed by atoms with E-state index in [0.29, 0.717) is 19.5 Å². The number of carboxylic acid groups (broad SMARTS) is 1. The van der Waals surface area contributed by atoms with Crippen molar-refractivity contribution in [1.82, 2.24) is 10.2 Å². The molecule has 0 aromatic heterocycles. The fraction of sp³-hybridized carbons (Fsp3) is 0.636. The van der Waals surface area contributed by atoms with Crippen LogP contribution in [0.25, 0.3) is 0 Å². The molecule has 5 heteroatoms. The highest BCUT2D eigenvalue weighted by Crippen LogP contribution is 2.28. The standard InChI is InChI=1S/C11H18N2O3/c1-3-6-12-8-9(14)13-7-4-5-11(13,2)10(15)16/h3,12H,1,4-8H2,2H3,(H,15,16). The molecular formula is C11H18N2O3. The molecule has 0 aromatic rings. The smallest absolute Gasteiger partial charge is 0.329 e. The molecule has 1 amide bonds. The molecule has 0 bridgehead atoms. The SMILES string of the molecule is C=CCNCC(=O)N1CCCC1(C)C(=O)O. The molecule has 0 aromatic carbocycles. The molecule has 0 radical (unpaired) electrons. The van der Waals surface area contributed by atoms with E-state index in [9.17, 15) is 9.59 Å². The minimum absolute atomic E-state index is 0.162. The Hall–Kier alpha value is -1.36. The number of likely N-dealkylation sites (tertiary alicyclic amines) is 1. The number of aliphatic carboxylic acids is 1. The maximum atomic E-state index is 11.8. The summed E-state index contributed by atoms with van der Waals surface area (Å²) in [6.45, 7) is 6.37. The maximum Gasteiger partial charge on any atom is 0.329 e. The number of amides is 1. The van der Waals surface area contributed by atoms with Gasteiger partial charge >= 0.3 is 5.97 Å². The second kappa shape index (κ2) is 5.12. The van der Waals surface area contributed by atoms with E-state index < -0.39 is 11.5 Å². The summed E-state index contributed by atoms with van der Waals surface area (Å²) in [5.41, 5.74) is -1.03. The van der Waals surface area contributed by atoms with Crippen LogP contribution in [-0.4, -0.2) is 47.1 Å². The zero-order valence-electron chi connectivity index (χ0n) is 9.53. The third-order valence-electron chi connectivity index (χ3n) is 2.97. The van der Waals surface area contributed by atoms with E-state index in [0.717, 1.165) is 6.42 Å². The van der Waals surface area contributed by atoms with Gasteiger partial charge in [-0.2, -0.15) is 0 Å². The third-order valence-corrected chi connectivity index (χ3v) is 2.97. The molecular weight excluding hydrogens is 208 g/mol. The topological polar surface area (TPSA) is 69.6 Å². The molecule has 1 saturated heterocycles. The van der Waals surface area contributed by atoms with Gasteiger partial charge in [0.25, 0.3) is 0 Å². The van der Waals surface area contributed by atoms with E-state index in [4.69, 9.17) is 5.11 Å². The lowest BCUT2D eigenvalue weighted by atomic mass is 9.99. The van der Waals surface area contributed by atoms with Crippen LogP contribution in [0.4, 0.5) is 0 Å². The molecule has 1 unspecified atom stereocenters. The largest absolute Gasteiger partial charge is 0.480 e. The van der Waals surface area contributed by atoms with E-state index in [-0.39, 0.29) is 12.5 Å². The first-order chi connectivity index (χ1) is 7.52. The number of hydrogen-bond acceptors (Lipinski definition) is 3. The lowest BCUT2D eigenvalue weighted by molar-refractivity contribution is -0.154. The van der Waals surface area contributed by atoms with Gasteiger partial charge in [-0.1, -0.05) is 6.08 Å². The summed E-state index contributed by atoms with van der Waals surface area (Å²) in [5, 5.41) is 12.0. The quantitative estimate of drug-likeness (QED) is 0.520. The minimum atomic E-state index is -1.03. The van der Waals surface area contributed by atoms with Crippen LogP contribution in [0.5, 0.6) is 0 Å². The van der Waals surface area contributed by atoms with Gasteiger partial charge < -0.3 is 15.3 Å². The first-order valence-corrected chi connectivity index (χ1v) is 5.38. The summed E-state index contributed by atoms with van der Waals surface area (Å²) in [5.74, 6) is -1.09. The first-order valence-electron chi connectivity index (χ1n) is 5.38. The van der Waals surface area contributed by atoms with E-state index in [1.807, 2.05) is 0 Å². The Morgan fingerprint density at radius 2 is 2.31 bits per heavy atom. The van der Waals surface area contributed by atoms with Crippen molar-refractivity contribution in [3.63, 3.8) is 0 Å². The summed E-state index contributed by atoms with van der Waals surface area (Å²) in [4.78, 5) is 24.4. The van der Waals surface area contributed by atoms with Crippen LogP contribution in [-0.2, 0) is 9.59 Å². The number of nitrogens with one attached hydrogen (secondary N) is 1. The van der Waals surface area contributed by atoms with Crippen molar-refractivity contribution in [3.8, 4) is 0 Å². The molecule has 5 nitrogen and oxygen atoms in total. The van der Waals surface area contributed by atoms with Crippen molar-refractivity contribution in [2.24, 2.45) is 0 Å². The summed E-state index contributed by atoms with van der Waals surface area (Å²) in [6, 6.07) is 0. The third kappa shape index (κ3) is 2.41. The second-order valence-corrected chi connectivity index (χ2v) is 4.15. The summed E-state index contributed by atoms with van der Waals surface area (Å²) < 4.78 is 0. The lowest BCUT2D eigenvalue weighted by Crippen LogP contribution is -2.53. The highest BCUT2D eigenvalue weighted by molar-refractivity contribution is 5.88. The predicted molar refractivity (Wildman–Crippen MR) is 60.1 cm³/mol. The predicted octanol–water partition coefficient (Wildman–Crippen LogP) is 0.228. The van der Waals surface area contributed by atoms with Crippen molar-refractivity contribution in [1.29, 1.82) is 0 Å². The van der Waals surface area contributed by atoms with Crippen LogP contribution in [0.2, 0.25) is 0 Å². The number of hydrogen-bond donors (Lipinski definition) is 2. The Morgan fingerprint density at radius 1 is 1.62 bits per heavy atom. The van der Waals surface area contributed by atoms with Crippen LogP contribution in [0.3, 0.4) is 0 Å². The van der Waals surface area contributed by atoms with Crippen LogP contribution in [0.15, 0.2) is 12.7 Å². The number of carbonyl (C=O) groups is 2. The lowest BCUT2D eigenvalue weighted by Gasteiger charge is -2.31. The molecule has 1 rings (SSSR count). The van der Waals surface area contributed by atoms with E-state index in [1.165, 1.54) is 4.90 Å². The zero-order chi connectivity index (χ0) is 12.2. The summed E-state index contributed by atoms with van der Waals surface area (Å²) in [7, 11) is 0. The van der Waals surface area contributed by atoms with E-state index in [1.54, 1.807) is 13.0 Å². The monoisotopic (exact) mass is 226 g/mol. The van der Waals surface area contributed by atoms with Crippen molar-refractivity contribution >= 4 is 11.9 Å². The molecule has 0 spiro atoms. The average Bonchev–Trinajstić information content (AvgIpc) is 2.62. The average molecular weight is 226 g/mol. The molecule has 1 atom stereocenters. The van der Waals surface area contributed by atoms with E-state index >= 15 is 0 Å². The van der Waals surface area contributed by atoms with Gasteiger partial charge in [0, 0.05) is 13.1 Å². The Bertz CT molecular complexity index is 304. The Labute approximate surface area is 95.1 Å². The van der Waals surface area contributed by atoms with Gasteiger partial charge in [-0.05, 0) is 19.8 Å². The first kappa shape index (κ1) is 12.7. The summed E-state index contributed by atoms with van der Waals surface area (Å²) >= 11 is 0. The van der Waals surface area contributed by atoms with Crippen LogP contribution in [0.1, 0.15) is 19.8 Å². The molecule has 0 saturated carbocycles. The molecule has 0 aliphatic carbocycles. The zero-order valence-corrected chi connectivity index (χ0v) is 9.53. The van der Waals surface area contributed by atoms with Gasteiger partial charge in [-0.25, -0.2) is 4.79 Å². The van der Waals surface area contributed by atoms with Gasteiger partial charge in [-0.3, -0.25) is 4.79 Å². The van der Waals surface area contributed by atoms with Gasteiger partial charge in [0.15, 0.2) is 0 Å². The molecule has 1 aliphatic rings. The number of nitrogens with zero attached hydrogens (tertiary/aromatic N) is 1. The number of carbonyl (C=O) groups excluding carboxylic acids is 1. The minimum Gasteiger partial charge on any atom is -0.480 e. The van der Waals surface area contributed by atoms with Crippen LogP contribution >= 0.6 is 0 Å². The Balaban J connectivity index is 2.61. The fourth-order valence-electron chi connectivity index (χ4n) is 1.96. The van der Waals surface area contributed by atoms with Gasteiger partial charge in [0.1, 0.15) is 5.54 Å². The number of carboxylic acids is 1. The normalized spacial score (nSPS) is 24.4. The Morgan fingerprint density at radius 3 is 2.88 bits per heavy atom. The molecule has 1 fully saturated rings. The molecule has 1 aliphatic heterocycles. The maximum absolute atomic E-state index is 11.8. The fourth-order valence-corrected chi connectivity index (χ4v) is 1.96. The van der Waals surface area contributed by atoms with Gasteiger partial charge in [0.2, 0.25) is 5.91 Å². The summed E-state index contributed by atoms with van der Waals surface area (Å²) in [6.07, 6.45) is 2.93. The van der Waals surface area contributed by atoms with Crippen molar-refractivity contribution in [3.05, 3.63) is 12.7 Å². The van der Waals surface area contributed by atoms with Crippen LogP contribution < -0.4 is 5.32 Å². The van der Waals surface area contributed by atoms with Crippen molar-refractivity contribution in [2.75, 3.05) is 19.6 Å². The highest BCUT2D eigenvalue weighted by Gasteiger charge is 2.45. The molecule has 90 valence electrons.